The van der Waals surface area contributed by atoms with Gasteiger partial charge in [-0.05, 0) is 35.2 Å². The minimum absolute atomic E-state index is 0.0194. The summed E-state index contributed by atoms with van der Waals surface area (Å²) in [4.78, 5) is 39.3. The lowest BCUT2D eigenvalue weighted by atomic mass is 10.0. The van der Waals surface area contributed by atoms with E-state index in [0.29, 0.717) is 13.0 Å². The van der Waals surface area contributed by atoms with Crippen LogP contribution >= 0.6 is 15.9 Å². The molecule has 0 spiro atoms. The fourth-order valence-corrected chi connectivity index (χ4v) is 4.38. The van der Waals surface area contributed by atoms with Crippen LogP contribution in [0.4, 0.5) is 5.69 Å². The van der Waals surface area contributed by atoms with E-state index in [9.17, 15) is 19.7 Å². The van der Waals surface area contributed by atoms with E-state index in [0.717, 1.165) is 15.6 Å². The van der Waals surface area contributed by atoms with E-state index in [1.165, 1.54) is 30.2 Å². The van der Waals surface area contributed by atoms with E-state index in [1.807, 2.05) is 68.4 Å². The molecule has 1 atom stereocenters. The lowest BCUT2D eigenvalue weighted by molar-refractivity contribution is -0.385. The maximum atomic E-state index is 13.7. The number of methoxy groups -OCH3 is 1. The first-order chi connectivity index (χ1) is 18.7. The summed E-state index contributed by atoms with van der Waals surface area (Å²) < 4.78 is 11.7. The van der Waals surface area contributed by atoms with Gasteiger partial charge >= 0.3 is 5.69 Å². The Balaban J connectivity index is 1.91. The van der Waals surface area contributed by atoms with Gasteiger partial charge in [-0.2, -0.15) is 0 Å². The number of nitro groups is 1. The van der Waals surface area contributed by atoms with Crippen molar-refractivity contribution in [3.8, 4) is 11.5 Å². The largest absolute Gasteiger partial charge is 0.490 e. The zero-order valence-electron chi connectivity index (χ0n) is 22.1. The second kappa shape index (κ2) is 14.3. The Hall–Kier alpha value is -3.92. The molecule has 0 aromatic heterocycles. The third kappa shape index (κ3) is 8.81. The van der Waals surface area contributed by atoms with Crippen LogP contribution in [0.5, 0.6) is 11.5 Å². The van der Waals surface area contributed by atoms with Crippen molar-refractivity contribution in [3.63, 3.8) is 0 Å². The van der Waals surface area contributed by atoms with Crippen molar-refractivity contribution >= 4 is 33.4 Å². The molecule has 2 amide bonds. The average molecular weight is 598 g/mol. The molecular formula is C29H32BrN3O6. The van der Waals surface area contributed by atoms with Gasteiger partial charge in [0.1, 0.15) is 11.8 Å². The molecule has 0 radical (unpaired) electrons. The Labute approximate surface area is 236 Å². The molecule has 0 heterocycles. The maximum Gasteiger partial charge on any atom is 0.311 e. The molecule has 1 N–H and O–H groups in total. The van der Waals surface area contributed by atoms with Crippen molar-refractivity contribution < 1.29 is 24.0 Å². The van der Waals surface area contributed by atoms with E-state index < -0.39 is 16.9 Å². The van der Waals surface area contributed by atoms with Crippen LogP contribution in [0.2, 0.25) is 0 Å². The van der Waals surface area contributed by atoms with E-state index >= 15 is 0 Å². The van der Waals surface area contributed by atoms with Gasteiger partial charge in [-0.25, -0.2) is 0 Å². The van der Waals surface area contributed by atoms with Crippen molar-refractivity contribution in [1.82, 2.24) is 10.2 Å². The molecule has 206 valence electrons. The molecule has 0 aliphatic carbocycles. The van der Waals surface area contributed by atoms with Gasteiger partial charge in [-0.15, -0.1) is 0 Å². The number of rotatable bonds is 13. The van der Waals surface area contributed by atoms with Crippen LogP contribution in [0.3, 0.4) is 0 Å². The van der Waals surface area contributed by atoms with Crippen molar-refractivity contribution in [2.75, 3.05) is 20.3 Å². The Morgan fingerprint density at radius 3 is 2.38 bits per heavy atom. The van der Waals surface area contributed by atoms with Gasteiger partial charge in [0.15, 0.2) is 6.61 Å². The topological polar surface area (TPSA) is 111 Å². The van der Waals surface area contributed by atoms with Crippen LogP contribution in [0, 0.1) is 16.0 Å². The van der Waals surface area contributed by atoms with Crippen LogP contribution < -0.4 is 14.8 Å². The summed E-state index contributed by atoms with van der Waals surface area (Å²) >= 11 is 3.47. The Morgan fingerprint density at radius 2 is 1.74 bits per heavy atom. The van der Waals surface area contributed by atoms with Crippen LogP contribution in [-0.4, -0.2) is 47.9 Å². The highest BCUT2D eigenvalue weighted by Gasteiger charge is 2.31. The zero-order valence-corrected chi connectivity index (χ0v) is 23.7. The predicted octanol–water partition coefficient (Wildman–Crippen LogP) is 5.16. The van der Waals surface area contributed by atoms with Gasteiger partial charge in [0, 0.05) is 36.1 Å². The number of carbonyl (C=O) groups excluding carboxylic acids is 2. The van der Waals surface area contributed by atoms with E-state index in [1.54, 1.807) is 0 Å². The Bertz CT molecular complexity index is 1290. The summed E-state index contributed by atoms with van der Waals surface area (Å²) in [5, 5.41) is 14.2. The summed E-state index contributed by atoms with van der Waals surface area (Å²) in [6.45, 7) is 4.28. The monoisotopic (exact) mass is 597 g/mol. The summed E-state index contributed by atoms with van der Waals surface area (Å²) in [6.07, 6.45) is 0.315. The van der Waals surface area contributed by atoms with Crippen LogP contribution in [0.25, 0.3) is 0 Å². The molecule has 0 aliphatic rings. The smallest absolute Gasteiger partial charge is 0.311 e. The molecule has 3 rings (SSSR count). The molecular weight excluding hydrogens is 566 g/mol. The number of ether oxygens (including phenoxy) is 2. The van der Waals surface area contributed by atoms with Gasteiger partial charge in [0.2, 0.25) is 11.7 Å². The lowest BCUT2D eigenvalue weighted by Gasteiger charge is -2.31. The molecule has 10 heteroatoms. The molecule has 0 saturated heterocycles. The number of carbonyl (C=O) groups is 2. The third-order valence-corrected chi connectivity index (χ3v) is 6.40. The predicted molar refractivity (Wildman–Crippen MR) is 152 cm³/mol. The first-order valence-electron chi connectivity index (χ1n) is 12.5. The highest BCUT2D eigenvalue weighted by molar-refractivity contribution is 9.10. The van der Waals surface area contributed by atoms with Gasteiger partial charge in [0.25, 0.3) is 5.91 Å². The van der Waals surface area contributed by atoms with Crippen molar-refractivity contribution in [1.29, 1.82) is 0 Å². The van der Waals surface area contributed by atoms with Crippen LogP contribution in [0.15, 0.2) is 77.3 Å². The fraction of sp³-hybridized carbons (Fsp3) is 0.310. The fourth-order valence-electron chi connectivity index (χ4n) is 3.94. The number of hydrogen-bond acceptors (Lipinski definition) is 6. The normalized spacial score (nSPS) is 11.5. The second-order valence-electron chi connectivity index (χ2n) is 9.38. The van der Waals surface area contributed by atoms with E-state index in [-0.39, 0.29) is 42.2 Å². The number of nitro benzene ring substituents is 1. The molecule has 0 aliphatic heterocycles. The summed E-state index contributed by atoms with van der Waals surface area (Å²) in [5.41, 5.74) is 1.54. The van der Waals surface area contributed by atoms with Gasteiger partial charge < -0.3 is 19.7 Å². The molecule has 9 nitrogen and oxygen atoms in total. The summed E-state index contributed by atoms with van der Waals surface area (Å²) in [6, 6.07) is 20.3. The standard InChI is InChI=1S/C29H32BrN3O6/c1-20(2)17-31-29(35)26(15-21-8-5-4-6-9-21)32(18-22-10-7-11-23(30)14-22)28(34)19-39-24-12-13-25(33(36)37)27(16-24)38-3/h4-14,16,20,26H,15,17-19H2,1-3H3,(H,31,35). The Morgan fingerprint density at radius 1 is 1.03 bits per heavy atom. The number of hydrogen-bond donors (Lipinski definition) is 1. The number of nitrogens with zero attached hydrogens (tertiary/aromatic N) is 2. The number of benzene rings is 3. The molecule has 0 fully saturated rings. The lowest BCUT2D eigenvalue weighted by Crippen LogP contribution is -2.52. The van der Waals surface area contributed by atoms with Crippen LogP contribution in [-0.2, 0) is 22.6 Å². The Kier molecular flexibility index (Phi) is 10.9. The van der Waals surface area contributed by atoms with Crippen molar-refractivity contribution in [2.45, 2.75) is 32.9 Å². The highest BCUT2D eigenvalue weighted by atomic mass is 79.9. The van der Waals surface area contributed by atoms with E-state index in [2.05, 4.69) is 21.2 Å². The quantitative estimate of drug-likeness (QED) is 0.215. The summed E-state index contributed by atoms with van der Waals surface area (Å²) in [7, 11) is 1.32. The average Bonchev–Trinajstić information content (AvgIpc) is 2.92. The maximum absolute atomic E-state index is 13.7. The second-order valence-corrected chi connectivity index (χ2v) is 10.3. The molecule has 3 aromatic rings. The van der Waals surface area contributed by atoms with Gasteiger partial charge in [-0.3, -0.25) is 19.7 Å². The van der Waals surface area contributed by atoms with Gasteiger partial charge in [0.05, 0.1) is 12.0 Å². The number of amides is 2. The highest BCUT2D eigenvalue weighted by Crippen LogP contribution is 2.31. The van der Waals surface area contributed by atoms with E-state index in [4.69, 9.17) is 9.47 Å². The van der Waals surface area contributed by atoms with Gasteiger partial charge in [-0.1, -0.05) is 72.2 Å². The molecule has 0 saturated carbocycles. The number of nitrogens with one attached hydrogen (secondary N) is 1. The van der Waals surface area contributed by atoms with Crippen molar-refractivity contribution in [2.24, 2.45) is 5.92 Å². The molecule has 1 unspecified atom stereocenters. The molecule has 39 heavy (non-hydrogen) atoms. The van der Waals surface area contributed by atoms with Crippen molar-refractivity contribution in [3.05, 3.63) is 98.5 Å². The minimum atomic E-state index is -0.798. The summed E-state index contributed by atoms with van der Waals surface area (Å²) in [5.74, 6) is -0.176. The first-order valence-corrected chi connectivity index (χ1v) is 13.3. The third-order valence-electron chi connectivity index (χ3n) is 5.91. The zero-order chi connectivity index (χ0) is 28.4. The first kappa shape index (κ1) is 29.6. The van der Waals surface area contributed by atoms with Crippen LogP contribution in [0.1, 0.15) is 25.0 Å². The molecule has 3 aromatic carbocycles. The SMILES string of the molecule is COc1cc(OCC(=O)N(Cc2cccc(Br)c2)C(Cc2ccccc2)C(=O)NCC(C)C)ccc1[N+](=O)[O-]. The minimum Gasteiger partial charge on any atom is -0.490 e. The molecule has 0 bridgehead atoms. The number of halogens is 1.